The predicted octanol–water partition coefficient (Wildman–Crippen LogP) is 5.47. The van der Waals surface area contributed by atoms with Crippen LogP contribution >= 0.6 is 11.3 Å². The fourth-order valence-electron chi connectivity index (χ4n) is 2.58. The molecule has 0 N–H and O–H groups in total. The highest BCUT2D eigenvalue weighted by molar-refractivity contribution is 7.09. The molecule has 0 unspecified atom stereocenters. The molecule has 1 amide bonds. The molecule has 2 aromatic carbocycles. The predicted molar refractivity (Wildman–Crippen MR) is 106 cm³/mol. The molecule has 3 aromatic rings. The Labute approximate surface area is 158 Å². The molecule has 4 nitrogen and oxygen atoms in total. The van der Waals surface area contributed by atoms with Crippen LogP contribution < -0.4 is 5.06 Å². The Balaban J connectivity index is 1.77. The SMILES string of the molecule is CCCCC(=O)N(OCc1nccs1)c1ccc(-c2ccccc2)cc1. The van der Waals surface area contributed by atoms with Crippen molar-refractivity contribution in [3.8, 4) is 11.1 Å². The summed E-state index contributed by atoms with van der Waals surface area (Å²) in [6, 6.07) is 18.0. The second-order valence-electron chi connectivity index (χ2n) is 5.90. The van der Waals surface area contributed by atoms with Crippen LogP contribution in [0.15, 0.2) is 66.2 Å². The molecule has 0 aliphatic heterocycles. The van der Waals surface area contributed by atoms with Gasteiger partial charge >= 0.3 is 0 Å². The number of hydroxylamine groups is 1. The minimum absolute atomic E-state index is 0.0316. The molecule has 0 fully saturated rings. The summed E-state index contributed by atoms with van der Waals surface area (Å²) in [6.07, 6.45) is 4.02. The number of hydrogen-bond acceptors (Lipinski definition) is 4. The van der Waals surface area contributed by atoms with Crippen molar-refractivity contribution < 1.29 is 9.63 Å². The van der Waals surface area contributed by atoms with Crippen LogP contribution in [-0.4, -0.2) is 10.9 Å². The minimum atomic E-state index is -0.0316. The smallest absolute Gasteiger partial charge is 0.250 e. The molecule has 0 bridgehead atoms. The fourth-order valence-corrected chi connectivity index (χ4v) is 3.11. The molecule has 0 saturated carbocycles. The average Bonchev–Trinajstić information content (AvgIpc) is 3.21. The molecule has 0 radical (unpaired) electrons. The van der Waals surface area contributed by atoms with E-state index in [1.807, 2.05) is 47.8 Å². The Bertz CT molecular complexity index is 802. The van der Waals surface area contributed by atoms with E-state index in [-0.39, 0.29) is 12.5 Å². The third kappa shape index (κ3) is 4.77. The Morgan fingerprint density at radius 2 is 1.81 bits per heavy atom. The number of carbonyl (C=O) groups is 1. The van der Waals surface area contributed by atoms with Gasteiger partial charge in [0.05, 0.1) is 5.69 Å². The molecule has 26 heavy (non-hydrogen) atoms. The molecule has 5 heteroatoms. The summed E-state index contributed by atoms with van der Waals surface area (Å²) in [7, 11) is 0. The third-order valence-electron chi connectivity index (χ3n) is 3.98. The number of carbonyl (C=O) groups excluding carboxylic acids is 1. The Morgan fingerprint density at radius 3 is 2.46 bits per heavy atom. The number of thiazole rings is 1. The van der Waals surface area contributed by atoms with Crippen LogP contribution in [-0.2, 0) is 16.2 Å². The van der Waals surface area contributed by atoms with Crippen molar-refractivity contribution in [2.75, 3.05) is 5.06 Å². The molecule has 0 saturated heterocycles. The molecule has 0 spiro atoms. The lowest BCUT2D eigenvalue weighted by molar-refractivity contribution is -0.126. The maximum Gasteiger partial charge on any atom is 0.250 e. The van der Waals surface area contributed by atoms with Crippen LogP contribution in [0.25, 0.3) is 11.1 Å². The van der Waals surface area contributed by atoms with Gasteiger partial charge in [0.2, 0.25) is 0 Å². The van der Waals surface area contributed by atoms with Crippen LogP contribution in [0.3, 0.4) is 0 Å². The maximum absolute atomic E-state index is 12.6. The lowest BCUT2D eigenvalue weighted by atomic mass is 10.1. The van der Waals surface area contributed by atoms with Gasteiger partial charge in [0.25, 0.3) is 5.91 Å². The van der Waals surface area contributed by atoms with E-state index in [2.05, 4.69) is 24.0 Å². The van der Waals surface area contributed by atoms with Crippen molar-refractivity contribution in [1.29, 1.82) is 0 Å². The molecular formula is C21H22N2O2S. The van der Waals surface area contributed by atoms with E-state index in [1.165, 1.54) is 16.4 Å². The molecule has 134 valence electrons. The van der Waals surface area contributed by atoms with Crippen molar-refractivity contribution in [3.05, 3.63) is 71.2 Å². The van der Waals surface area contributed by atoms with Crippen molar-refractivity contribution >= 4 is 22.9 Å². The number of rotatable bonds is 8. The van der Waals surface area contributed by atoms with Crippen molar-refractivity contribution in [2.45, 2.75) is 32.8 Å². The highest BCUT2D eigenvalue weighted by atomic mass is 32.1. The Morgan fingerprint density at radius 1 is 1.08 bits per heavy atom. The van der Waals surface area contributed by atoms with Gasteiger partial charge in [0.15, 0.2) is 0 Å². The van der Waals surface area contributed by atoms with Gasteiger partial charge < -0.3 is 0 Å². The van der Waals surface area contributed by atoms with Crippen LogP contribution in [0.2, 0.25) is 0 Å². The number of nitrogens with zero attached hydrogens (tertiary/aromatic N) is 2. The summed E-state index contributed by atoms with van der Waals surface area (Å²) in [6.45, 7) is 2.36. The highest BCUT2D eigenvalue weighted by Crippen LogP contribution is 2.24. The fraction of sp³-hybridized carbons (Fsp3) is 0.238. The standard InChI is InChI=1S/C21H22N2O2S/c1-2-3-9-21(24)23(25-16-20-22-14-15-26-20)19-12-10-18(11-13-19)17-7-5-4-6-8-17/h4-8,10-15H,2-3,9,16H2,1H3. The maximum atomic E-state index is 12.6. The van der Waals surface area contributed by atoms with Gasteiger partial charge in [-0.05, 0) is 29.7 Å². The van der Waals surface area contributed by atoms with E-state index in [4.69, 9.17) is 4.84 Å². The van der Waals surface area contributed by atoms with Gasteiger partial charge in [-0.25, -0.2) is 4.98 Å². The first-order valence-electron chi connectivity index (χ1n) is 8.77. The summed E-state index contributed by atoms with van der Waals surface area (Å²) in [4.78, 5) is 22.6. The first kappa shape index (κ1) is 18.3. The number of unbranched alkanes of at least 4 members (excludes halogenated alkanes) is 1. The molecular weight excluding hydrogens is 344 g/mol. The number of amides is 1. The number of benzene rings is 2. The van der Waals surface area contributed by atoms with E-state index in [1.54, 1.807) is 6.20 Å². The monoisotopic (exact) mass is 366 g/mol. The summed E-state index contributed by atoms with van der Waals surface area (Å²) < 4.78 is 0. The zero-order valence-corrected chi connectivity index (χ0v) is 15.6. The number of anilines is 1. The summed E-state index contributed by atoms with van der Waals surface area (Å²) >= 11 is 1.52. The zero-order valence-electron chi connectivity index (χ0n) is 14.8. The molecule has 0 atom stereocenters. The van der Waals surface area contributed by atoms with Gasteiger partial charge in [-0.1, -0.05) is 55.8 Å². The minimum Gasteiger partial charge on any atom is -0.272 e. The largest absolute Gasteiger partial charge is 0.272 e. The van der Waals surface area contributed by atoms with Gasteiger partial charge in [-0.2, -0.15) is 5.06 Å². The molecule has 1 aromatic heterocycles. The van der Waals surface area contributed by atoms with Crippen LogP contribution in [0.1, 0.15) is 31.2 Å². The van der Waals surface area contributed by atoms with Crippen LogP contribution in [0.4, 0.5) is 5.69 Å². The van der Waals surface area contributed by atoms with Crippen LogP contribution in [0, 0.1) is 0 Å². The molecule has 3 rings (SSSR count). The van der Waals surface area contributed by atoms with E-state index in [9.17, 15) is 4.79 Å². The van der Waals surface area contributed by atoms with E-state index in [0.29, 0.717) is 6.42 Å². The van der Waals surface area contributed by atoms with Crippen molar-refractivity contribution in [1.82, 2.24) is 4.98 Å². The third-order valence-corrected chi connectivity index (χ3v) is 4.73. The van der Waals surface area contributed by atoms with Crippen molar-refractivity contribution in [3.63, 3.8) is 0 Å². The topological polar surface area (TPSA) is 42.4 Å². The van der Waals surface area contributed by atoms with Gasteiger partial charge in [0.1, 0.15) is 11.6 Å². The van der Waals surface area contributed by atoms with Crippen LogP contribution in [0.5, 0.6) is 0 Å². The lowest BCUT2D eigenvalue weighted by Crippen LogP contribution is -2.30. The first-order valence-corrected chi connectivity index (χ1v) is 9.65. The quantitative estimate of drug-likeness (QED) is 0.497. The Hall–Kier alpha value is -2.50. The summed E-state index contributed by atoms with van der Waals surface area (Å²) in [5.41, 5.74) is 2.99. The molecule has 0 aliphatic carbocycles. The molecule has 1 heterocycles. The second kappa shape index (κ2) is 9.27. The average molecular weight is 366 g/mol. The van der Waals surface area contributed by atoms with Gasteiger partial charge in [0, 0.05) is 18.0 Å². The first-order chi connectivity index (χ1) is 12.8. The number of hydrogen-bond donors (Lipinski definition) is 0. The second-order valence-corrected chi connectivity index (χ2v) is 6.88. The van der Waals surface area contributed by atoms with Gasteiger partial charge in [-0.15, -0.1) is 11.3 Å². The van der Waals surface area contributed by atoms with Gasteiger partial charge in [-0.3, -0.25) is 9.63 Å². The number of aromatic nitrogens is 1. The van der Waals surface area contributed by atoms with E-state index < -0.39 is 0 Å². The summed E-state index contributed by atoms with van der Waals surface area (Å²) in [5.74, 6) is -0.0316. The normalized spacial score (nSPS) is 10.7. The summed E-state index contributed by atoms with van der Waals surface area (Å²) in [5, 5.41) is 4.15. The Kier molecular flexibility index (Phi) is 6.52. The van der Waals surface area contributed by atoms with E-state index in [0.717, 1.165) is 34.7 Å². The molecule has 0 aliphatic rings. The zero-order chi connectivity index (χ0) is 18.2. The van der Waals surface area contributed by atoms with Crippen molar-refractivity contribution in [2.24, 2.45) is 0 Å². The lowest BCUT2D eigenvalue weighted by Gasteiger charge is -2.22. The van der Waals surface area contributed by atoms with E-state index >= 15 is 0 Å². The highest BCUT2D eigenvalue weighted by Gasteiger charge is 2.17.